The zero-order valence-electron chi connectivity index (χ0n) is 14.9. The summed E-state index contributed by atoms with van der Waals surface area (Å²) in [5.41, 5.74) is 1.19. The average molecular weight is 400 g/mol. The van der Waals surface area contributed by atoms with Gasteiger partial charge < -0.3 is 19.3 Å². The van der Waals surface area contributed by atoms with Gasteiger partial charge in [-0.25, -0.2) is 0 Å². The number of rotatable bonds is 7. The summed E-state index contributed by atoms with van der Waals surface area (Å²) >= 11 is 0. The molecule has 3 rings (SSSR count). The highest BCUT2D eigenvalue weighted by atomic mass is 19.3. The van der Waals surface area contributed by atoms with Crippen LogP contribution in [0.4, 0.5) is 17.6 Å². The number of halogens is 4. The number of alkyl halides is 4. The van der Waals surface area contributed by atoms with E-state index in [2.05, 4.69) is 0 Å². The van der Waals surface area contributed by atoms with Crippen molar-refractivity contribution < 1.29 is 36.9 Å². The van der Waals surface area contributed by atoms with Crippen LogP contribution in [0.3, 0.4) is 0 Å². The van der Waals surface area contributed by atoms with Crippen LogP contribution >= 0.6 is 0 Å². The van der Waals surface area contributed by atoms with Gasteiger partial charge in [-0.1, -0.05) is 60.7 Å². The van der Waals surface area contributed by atoms with E-state index in [1.54, 1.807) is 60.7 Å². The van der Waals surface area contributed by atoms with Crippen LogP contribution in [-0.2, 0) is 27.4 Å². The molecular formula is C20H20F4O4. The third-order valence-electron chi connectivity index (χ3n) is 4.49. The summed E-state index contributed by atoms with van der Waals surface area (Å²) in [7, 11) is 0. The molecule has 28 heavy (non-hydrogen) atoms. The molecule has 1 aliphatic heterocycles. The molecular weight excluding hydrogens is 380 g/mol. The second-order valence-electron chi connectivity index (χ2n) is 6.56. The lowest BCUT2D eigenvalue weighted by molar-refractivity contribution is -0.437. The fourth-order valence-electron chi connectivity index (χ4n) is 2.81. The van der Waals surface area contributed by atoms with Crippen LogP contribution in [-0.4, -0.2) is 42.1 Å². The van der Waals surface area contributed by atoms with Crippen molar-refractivity contribution in [2.75, 3.05) is 13.2 Å². The molecule has 1 saturated heterocycles. The van der Waals surface area contributed by atoms with Crippen LogP contribution in [0, 0.1) is 0 Å². The number of benzene rings is 2. The van der Waals surface area contributed by atoms with E-state index in [1.165, 1.54) is 0 Å². The minimum absolute atomic E-state index is 0.137. The molecule has 0 spiro atoms. The van der Waals surface area contributed by atoms with Gasteiger partial charge in [-0.3, -0.25) is 0 Å². The zero-order valence-corrected chi connectivity index (χ0v) is 14.9. The van der Waals surface area contributed by atoms with Gasteiger partial charge in [0.1, 0.15) is 6.61 Å². The van der Waals surface area contributed by atoms with Crippen LogP contribution in [0.15, 0.2) is 60.7 Å². The summed E-state index contributed by atoms with van der Waals surface area (Å²) in [5.74, 6) is -13.0. The van der Waals surface area contributed by atoms with Gasteiger partial charge in [0, 0.05) is 0 Å². The molecule has 1 unspecified atom stereocenters. The van der Waals surface area contributed by atoms with Crippen LogP contribution in [0.5, 0.6) is 0 Å². The quantitative estimate of drug-likeness (QED) is 0.719. The molecule has 0 aromatic heterocycles. The summed E-state index contributed by atoms with van der Waals surface area (Å²) < 4.78 is 72.5. The average Bonchev–Trinajstić information content (AvgIpc) is 2.68. The minimum Gasteiger partial charge on any atom is -0.371 e. The van der Waals surface area contributed by atoms with Gasteiger partial charge in [0.05, 0.1) is 19.8 Å². The Balaban J connectivity index is 1.64. The molecule has 2 aromatic carbocycles. The lowest BCUT2D eigenvalue weighted by atomic mass is 9.94. The Hall–Kier alpha value is -2.00. The molecule has 8 heteroatoms. The van der Waals surface area contributed by atoms with E-state index in [-0.39, 0.29) is 13.2 Å². The smallest absolute Gasteiger partial charge is 0.367 e. The third-order valence-corrected chi connectivity index (χ3v) is 4.49. The van der Waals surface area contributed by atoms with Gasteiger partial charge in [0.25, 0.3) is 5.79 Å². The van der Waals surface area contributed by atoms with Gasteiger partial charge in [0.15, 0.2) is 6.10 Å². The standard InChI is InChI=1S/C20H20F4O4/c21-19(22)17(27-12-16-9-5-2-6-10-16)13-28-18(25,20(19,23)24)14-26-11-15-7-3-1-4-8-15/h1-10,17,25H,11-14H2/t17-,18?/m1/s1. The Labute approximate surface area is 159 Å². The minimum atomic E-state index is -4.91. The highest BCUT2D eigenvalue weighted by Gasteiger charge is 2.76. The first-order chi connectivity index (χ1) is 13.3. The van der Waals surface area contributed by atoms with Crippen LogP contribution < -0.4 is 0 Å². The molecule has 0 radical (unpaired) electrons. The predicted octanol–water partition coefficient (Wildman–Crippen LogP) is 3.78. The second-order valence-corrected chi connectivity index (χ2v) is 6.56. The molecule has 0 amide bonds. The summed E-state index contributed by atoms with van der Waals surface area (Å²) in [6, 6.07) is 16.8. The maximum Gasteiger partial charge on any atom is 0.367 e. The number of hydrogen-bond donors (Lipinski definition) is 1. The van der Waals surface area contributed by atoms with Crippen molar-refractivity contribution in [2.45, 2.75) is 36.9 Å². The topological polar surface area (TPSA) is 47.9 Å². The van der Waals surface area contributed by atoms with Gasteiger partial charge in [-0.05, 0) is 11.1 Å². The van der Waals surface area contributed by atoms with E-state index < -0.39 is 36.9 Å². The van der Waals surface area contributed by atoms with E-state index in [0.29, 0.717) is 11.1 Å². The fraction of sp³-hybridized carbons (Fsp3) is 0.400. The molecule has 152 valence electrons. The SMILES string of the molecule is OC1(COCc2ccccc2)OC[C@@H](OCc2ccccc2)C(F)(F)C1(F)F. The molecule has 1 N–H and O–H groups in total. The molecule has 0 bridgehead atoms. The molecule has 1 aliphatic rings. The molecule has 2 atom stereocenters. The van der Waals surface area contributed by atoms with Crippen molar-refractivity contribution in [3.8, 4) is 0 Å². The van der Waals surface area contributed by atoms with Crippen LogP contribution in [0.2, 0.25) is 0 Å². The molecule has 0 saturated carbocycles. The van der Waals surface area contributed by atoms with Crippen molar-refractivity contribution in [3.63, 3.8) is 0 Å². The van der Waals surface area contributed by atoms with E-state index in [1.807, 2.05) is 0 Å². The fourth-order valence-corrected chi connectivity index (χ4v) is 2.81. The molecule has 1 fully saturated rings. The van der Waals surface area contributed by atoms with E-state index >= 15 is 0 Å². The van der Waals surface area contributed by atoms with Gasteiger partial charge in [-0.2, -0.15) is 17.6 Å². The maximum atomic E-state index is 14.4. The Kier molecular flexibility index (Phi) is 6.04. The Morgan fingerprint density at radius 2 is 1.43 bits per heavy atom. The predicted molar refractivity (Wildman–Crippen MR) is 91.9 cm³/mol. The zero-order chi connectivity index (χ0) is 20.3. The second kappa shape index (κ2) is 8.16. The van der Waals surface area contributed by atoms with Crippen molar-refractivity contribution >= 4 is 0 Å². The first kappa shape index (κ1) is 20.7. The summed E-state index contributed by atoms with van der Waals surface area (Å²) in [5, 5.41) is 10.1. The summed E-state index contributed by atoms with van der Waals surface area (Å²) in [6.45, 7) is -2.44. The number of ether oxygens (including phenoxy) is 3. The lowest BCUT2D eigenvalue weighted by Gasteiger charge is -2.46. The number of aliphatic hydroxyl groups is 1. The van der Waals surface area contributed by atoms with Crippen molar-refractivity contribution in [1.82, 2.24) is 0 Å². The highest BCUT2D eigenvalue weighted by molar-refractivity contribution is 5.14. The molecule has 1 heterocycles. The van der Waals surface area contributed by atoms with Crippen molar-refractivity contribution in [3.05, 3.63) is 71.8 Å². The van der Waals surface area contributed by atoms with E-state index in [4.69, 9.17) is 14.2 Å². The molecule has 4 nitrogen and oxygen atoms in total. The van der Waals surface area contributed by atoms with Crippen molar-refractivity contribution in [1.29, 1.82) is 0 Å². The van der Waals surface area contributed by atoms with Crippen molar-refractivity contribution in [2.24, 2.45) is 0 Å². The van der Waals surface area contributed by atoms with Gasteiger partial charge >= 0.3 is 11.8 Å². The molecule has 0 aliphatic carbocycles. The monoisotopic (exact) mass is 400 g/mol. The Bertz CT molecular complexity index is 751. The summed E-state index contributed by atoms with van der Waals surface area (Å²) in [4.78, 5) is 0. The largest absolute Gasteiger partial charge is 0.371 e. The first-order valence-electron chi connectivity index (χ1n) is 8.65. The normalized spacial score (nSPS) is 26.1. The highest BCUT2D eigenvalue weighted by Crippen LogP contribution is 2.49. The number of hydrogen-bond acceptors (Lipinski definition) is 4. The van der Waals surface area contributed by atoms with E-state index in [9.17, 15) is 22.7 Å². The van der Waals surface area contributed by atoms with Gasteiger partial charge in [0.2, 0.25) is 0 Å². The molecule has 2 aromatic rings. The Morgan fingerprint density at radius 1 is 0.893 bits per heavy atom. The Morgan fingerprint density at radius 3 is 2.00 bits per heavy atom. The van der Waals surface area contributed by atoms with E-state index in [0.717, 1.165) is 0 Å². The summed E-state index contributed by atoms with van der Waals surface area (Å²) in [6.07, 6.45) is -2.21. The van der Waals surface area contributed by atoms with Crippen LogP contribution in [0.25, 0.3) is 0 Å². The third kappa shape index (κ3) is 4.05. The van der Waals surface area contributed by atoms with Crippen LogP contribution in [0.1, 0.15) is 11.1 Å². The lowest BCUT2D eigenvalue weighted by Crippen LogP contribution is -2.71. The first-order valence-corrected chi connectivity index (χ1v) is 8.65. The van der Waals surface area contributed by atoms with Gasteiger partial charge in [-0.15, -0.1) is 0 Å². The maximum absolute atomic E-state index is 14.4.